The fourth-order valence-electron chi connectivity index (χ4n) is 1.90. The zero-order valence-electron chi connectivity index (χ0n) is 11.6. The van der Waals surface area contributed by atoms with Crippen molar-refractivity contribution in [2.75, 3.05) is 0 Å². The molecule has 24 heavy (non-hydrogen) atoms. The highest BCUT2D eigenvalue weighted by atomic mass is 79.9. The third-order valence-corrected chi connectivity index (χ3v) is 4.26. The van der Waals surface area contributed by atoms with Gasteiger partial charge in [0.15, 0.2) is 10.3 Å². The van der Waals surface area contributed by atoms with Crippen LogP contribution in [0.15, 0.2) is 50.1 Å². The Morgan fingerprint density at radius 3 is 2.62 bits per heavy atom. The summed E-state index contributed by atoms with van der Waals surface area (Å²) in [4.78, 5) is 33.1. The van der Waals surface area contributed by atoms with Crippen molar-refractivity contribution in [1.29, 1.82) is 0 Å². The maximum atomic E-state index is 11.9. The summed E-state index contributed by atoms with van der Waals surface area (Å²) >= 11 is 3.61. The van der Waals surface area contributed by atoms with E-state index in [1.165, 1.54) is 18.2 Å². The second kappa shape index (κ2) is 6.42. The molecule has 3 rings (SSSR count). The van der Waals surface area contributed by atoms with Crippen molar-refractivity contribution >= 4 is 49.4 Å². The number of hydrogen-bond acceptors (Lipinski definition) is 8. The van der Waals surface area contributed by atoms with Crippen LogP contribution in [-0.2, 0) is 0 Å². The van der Waals surface area contributed by atoms with E-state index in [-0.39, 0.29) is 26.3 Å². The van der Waals surface area contributed by atoms with E-state index in [1.807, 2.05) is 0 Å². The molecule has 0 fully saturated rings. The molecule has 0 saturated heterocycles. The van der Waals surface area contributed by atoms with Gasteiger partial charge >= 0.3 is 16.8 Å². The molecule has 0 N–H and O–H groups in total. The van der Waals surface area contributed by atoms with Crippen LogP contribution in [0.2, 0.25) is 0 Å². The van der Waals surface area contributed by atoms with Crippen LogP contribution in [0.1, 0.15) is 0 Å². The smallest absolute Gasteiger partial charge is 0.414 e. The van der Waals surface area contributed by atoms with Crippen LogP contribution < -0.4 is 14.4 Å². The number of halogens is 1. The third kappa shape index (κ3) is 3.14. The van der Waals surface area contributed by atoms with Crippen LogP contribution in [0.3, 0.4) is 0 Å². The molecule has 122 valence electrons. The van der Waals surface area contributed by atoms with Gasteiger partial charge in [0, 0.05) is 6.07 Å². The molecule has 8 nitrogen and oxygen atoms in total. The van der Waals surface area contributed by atoms with Crippen molar-refractivity contribution in [3.63, 3.8) is 0 Å². The minimum atomic E-state index is -1.15. The van der Waals surface area contributed by atoms with Crippen LogP contribution in [0.25, 0.3) is 10.3 Å². The quantitative estimate of drug-likeness (QED) is 0.276. The van der Waals surface area contributed by atoms with Crippen LogP contribution in [0, 0.1) is 10.1 Å². The lowest BCUT2D eigenvalue weighted by Crippen LogP contribution is -2.15. The Labute approximate surface area is 145 Å². The molecule has 2 aromatic carbocycles. The first-order valence-electron chi connectivity index (χ1n) is 6.31. The predicted octanol–water partition coefficient (Wildman–Crippen LogP) is 4.10. The molecule has 0 amide bonds. The molecule has 0 saturated carbocycles. The number of carbonyl (C=O) groups is 1. The highest BCUT2D eigenvalue weighted by Gasteiger charge is 2.29. The van der Waals surface area contributed by atoms with Crippen LogP contribution >= 0.6 is 27.3 Å². The van der Waals surface area contributed by atoms with E-state index in [9.17, 15) is 19.7 Å². The van der Waals surface area contributed by atoms with E-state index < -0.39 is 21.7 Å². The van der Waals surface area contributed by atoms with E-state index in [4.69, 9.17) is 13.9 Å². The summed E-state index contributed by atoms with van der Waals surface area (Å²) in [5, 5.41) is 11.4. The maximum Gasteiger partial charge on any atom is 0.519 e. The number of ether oxygens (including phenoxy) is 2. The summed E-state index contributed by atoms with van der Waals surface area (Å²) in [5.41, 5.74) is -0.535. The van der Waals surface area contributed by atoms with Crippen LogP contribution in [-0.4, -0.2) is 11.1 Å². The number of carbonyl (C=O) groups excluding carboxylic acids is 1. The molecule has 3 aromatic rings. The normalized spacial score (nSPS) is 10.5. The number of nitrogens with zero attached hydrogens (tertiary/aromatic N) is 1. The Morgan fingerprint density at radius 1 is 1.25 bits per heavy atom. The Hall–Kier alpha value is -2.72. The van der Waals surface area contributed by atoms with Crippen molar-refractivity contribution in [2.24, 2.45) is 0 Å². The predicted molar refractivity (Wildman–Crippen MR) is 87.8 cm³/mol. The highest BCUT2D eigenvalue weighted by molar-refractivity contribution is 9.10. The average Bonchev–Trinajstić information content (AvgIpc) is 2.87. The first-order chi connectivity index (χ1) is 11.5. The molecule has 0 spiro atoms. The number of hydrogen-bond donors (Lipinski definition) is 0. The topological polar surface area (TPSA) is 109 Å². The van der Waals surface area contributed by atoms with Gasteiger partial charge in [-0.25, -0.2) is 9.59 Å². The van der Waals surface area contributed by atoms with E-state index in [0.717, 1.165) is 0 Å². The number of fused-ring (bicyclic) bond motifs is 1. The second-order valence-corrected chi connectivity index (χ2v) is 6.14. The molecule has 0 radical (unpaired) electrons. The second-order valence-electron chi connectivity index (χ2n) is 4.34. The number of rotatable bonds is 3. The zero-order valence-corrected chi connectivity index (χ0v) is 14.0. The molecule has 0 aliphatic heterocycles. The minimum Gasteiger partial charge on any atom is -0.414 e. The largest absolute Gasteiger partial charge is 0.519 e. The number of nitro benzene ring substituents is 1. The first-order valence-corrected chi connectivity index (χ1v) is 7.92. The standard InChI is InChI=1S/C14H6BrNO7S/c15-8-6-9-12(24-14(18)22-9)10(16(19)20)11(8)23-13(17)21-7-4-2-1-3-5-7/h1-6H. The Kier molecular flexibility index (Phi) is 4.32. The van der Waals surface area contributed by atoms with Crippen molar-refractivity contribution in [3.8, 4) is 11.5 Å². The van der Waals surface area contributed by atoms with E-state index in [2.05, 4.69) is 15.9 Å². The van der Waals surface area contributed by atoms with Gasteiger partial charge in [-0.1, -0.05) is 18.2 Å². The summed E-state index contributed by atoms with van der Waals surface area (Å²) in [6, 6.07) is 9.39. The number of benzene rings is 2. The van der Waals surface area contributed by atoms with E-state index in [0.29, 0.717) is 11.3 Å². The number of nitro groups is 1. The molecular weight excluding hydrogens is 406 g/mol. The van der Waals surface area contributed by atoms with Crippen LogP contribution in [0.5, 0.6) is 11.5 Å². The molecule has 1 heterocycles. The number of para-hydroxylation sites is 1. The molecule has 10 heteroatoms. The summed E-state index contributed by atoms with van der Waals surface area (Å²) in [7, 11) is 0. The lowest BCUT2D eigenvalue weighted by molar-refractivity contribution is -0.383. The summed E-state index contributed by atoms with van der Waals surface area (Å²) in [6.45, 7) is 0. The fraction of sp³-hybridized carbons (Fsp3) is 0. The Bertz CT molecular complexity index is 996. The SMILES string of the molecule is O=C(Oc1ccccc1)Oc1c(Br)cc2oc(=O)sc2c1[N+](=O)[O-]. The van der Waals surface area contributed by atoms with Crippen molar-refractivity contribution in [1.82, 2.24) is 0 Å². The van der Waals surface area contributed by atoms with Gasteiger partial charge in [0.2, 0.25) is 5.75 Å². The van der Waals surface area contributed by atoms with Crippen molar-refractivity contribution in [2.45, 2.75) is 0 Å². The highest BCUT2D eigenvalue weighted by Crippen LogP contribution is 2.42. The van der Waals surface area contributed by atoms with Crippen molar-refractivity contribution < 1.29 is 23.6 Å². The first kappa shape index (κ1) is 16.1. The maximum absolute atomic E-state index is 11.9. The monoisotopic (exact) mass is 411 g/mol. The molecule has 0 aliphatic carbocycles. The van der Waals surface area contributed by atoms with Gasteiger partial charge in [-0.05, 0) is 39.4 Å². The van der Waals surface area contributed by atoms with Gasteiger partial charge in [0.05, 0.1) is 9.40 Å². The zero-order chi connectivity index (χ0) is 17.3. The molecule has 0 aliphatic rings. The molecular formula is C14H6BrNO7S. The Morgan fingerprint density at radius 2 is 1.96 bits per heavy atom. The Balaban J connectivity index is 2.00. The summed E-state index contributed by atoms with van der Waals surface area (Å²) in [5.74, 6) is -0.152. The minimum absolute atomic E-state index is 0.0207. The molecule has 0 bridgehead atoms. The van der Waals surface area contributed by atoms with Gasteiger partial charge in [0.25, 0.3) is 0 Å². The average molecular weight is 412 g/mol. The van der Waals surface area contributed by atoms with Crippen molar-refractivity contribution in [3.05, 3.63) is 60.7 Å². The lowest BCUT2D eigenvalue weighted by Gasteiger charge is -2.07. The van der Waals surface area contributed by atoms with E-state index >= 15 is 0 Å². The van der Waals surface area contributed by atoms with Gasteiger partial charge < -0.3 is 13.9 Å². The third-order valence-electron chi connectivity index (χ3n) is 2.82. The lowest BCUT2D eigenvalue weighted by atomic mass is 10.3. The summed E-state index contributed by atoms with van der Waals surface area (Å²) < 4.78 is 14.8. The summed E-state index contributed by atoms with van der Waals surface area (Å²) in [6.07, 6.45) is -1.15. The fourth-order valence-corrected chi connectivity index (χ4v) is 3.14. The molecule has 0 unspecified atom stereocenters. The molecule has 1 aromatic heterocycles. The van der Waals surface area contributed by atoms with Crippen LogP contribution in [0.4, 0.5) is 10.5 Å². The van der Waals surface area contributed by atoms with Gasteiger partial charge in [-0.3, -0.25) is 10.1 Å². The van der Waals surface area contributed by atoms with Gasteiger partial charge in [-0.15, -0.1) is 0 Å². The van der Waals surface area contributed by atoms with E-state index in [1.54, 1.807) is 18.2 Å². The molecule has 0 atom stereocenters. The van der Waals surface area contributed by atoms with Gasteiger partial charge in [0.1, 0.15) is 5.75 Å². The van der Waals surface area contributed by atoms with Gasteiger partial charge in [-0.2, -0.15) is 0 Å².